The minimum absolute atomic E-state index is 0.0234. The number of carboxylic acids is 1. The molecule has 1 aliphatic rings. The van der Waals surface area contributed by atoms with Crippen LogP contribution in [0.3, 0.4) is 0 Å². The van der Waals surface area contributed by atoms with E-state index in [2.05, 4.69) is 0 Å². The number of para-hydroxylation sites is 1. The molecule has 0 saturated heterocycles. The average Bonchev–Trinajstić information content (AvgIpc) is 3.02. The number of fused-ring (bicyclic) bond motifs is 1. The van der Waals surface area contributed by atoms with Gasteiger partial charge in [0.2, 0.25) is 5.91 Å². The summed E-state index contributed by atoms with van der Waals surface area (Å²) in [4.78, 5) is 25.6. The predicted octanol–water partition coefficient (Wildman–Crippen LogP) is 3.23. The minimum Gasteiger partial charge on any atom is -0.497 e. The van der Waals surface area contributed by atoms with E-state index in [-0.39, 0.29) is 12.5 Å². The maximum Gasteiger partial charge on any atom is 0.312 e. The van der Waals surface area contributed by atoms with E-state index in [0.717, 1.165) is 35.4 Å². The number of hydrogen-bond donors (Lipinski definition) is 1. The van der Waals surface area contributed by atoms with Crippen molar-refractivity contribution in [3.8, 4) is 5.75 Å². The number of amides is 1. The number of carbonyl (C=O) groups excluding carboxylic acids is 1. The summed E-state index contributed by atoms with van der Waals surface area (Å²) in [6, 6.07) is 15.1. The van der Waals surface area contributed by atoms with Crippen molar-refractivity contribution in [3.63, 3.8) is 0 Å². The van der Waals surface area contributed by atoms with Crippen molar-refractivity contribution < 1.29 is 19.4 Å². The Morgan fingerprint density at radius 2 is 1.88 bits per heavy atom. The van der Waals surface area contributed by atoms with Crippen LogP contribution in [0.4, 0.5) is 5.69 Å². The summed E-state index contributed by atoms with van der Waals surface area (Å²) in [6.45, 7) is 0.218. The molecule has 0 bridgehead atoms. The molecule has 0 radical (unpaired) electrons. The molecule has 1 N–H and O–H groups in total. The SMILES string of the molecule is COc1ccc(CCCC(=O)N2CC(C(=O)O)c3ccccc32)cc1. The van der Waals surface area contributed by atoms with Crippen molar-refractivity contribution in [2.45, 2.75) is 25.2 Å². The van der Waals surface area contributed by atoms with Gasteiger partial charge in [0.1, 0.15) is 11.7 Å². The topological polar surface area (TPSA) is 66.8 Å². The molecule has 1 amide bonds. The predicted molar refractivity (Wildman–Crippen MR) is 95.1 cm³/mol. The van der Waals surface area contributed by atoms with E-state index in [9.17, 15) is 14.7 Å². The van der Waals surface area contributed by atoms with Gasteiger partial charge in [-0.15, -0.1) is 0 Å². The molecular weight excluding hydrogens is 318 g/mol. The average molecular weight is 339 g/mol. The number of hydrogen-bond acceptors (Lipinski definition) is 3. The molecule has 1 aliphatic heterocycles. The lowest BCUT2D eigenvalue weighted by Crippen LogP contribution is -2.31. The number of aliphatic carboxylic acids is 1. The van der Waals surface area contributed by atoms with Gasteiger partial charge in [0, 0.05) is 18.7 Å². The molecule has 3 rings (SSSR count). The van der Waals surface area contributed by atoms with E-state index in [4.69, 9.17) is 4.74 Å². The van der Waals surface area contributed by atoms with E-state index >= 15 is 0 Å². The number of anilines is 1. The van der Waals surface area contributed by atoms with Gasteiger partial charge >= 0.3 is 5.97 Å². The summed E-state index contributed by atoms with van der Waals surface area (Å²) in [5, 5.41) is 9.38. The molecule has 0 aromatic heterocycles. The first kappa shape index (κ1) is 17.0. The van der Waals surface area contributed by atoms with Gasteiger partial charge in [0.25, 0.3) is 0 Å². The van der Waals surface area contributed by atoms with Gasteiger partial charge in [-0.05, 0) is 42.2 Å². The molecule has 0 saturated carbocycles. The Labute approximate surface area is 146 Å². The van der Waals surface area contributed by atoms with Gasteiger partial charge in [-0.3, -0.25) is 9.59 Å². The van der Waals surface area contributed by atoms with Crippen LogP contribution >= 0.6 is 0 Å². The van der Waals surface area contributed by atoms with E-state index in [1.165, 1.54) is 0 Å². The molecule has 5 heteroatoms. The van der Waals surface area contributed by atoms with Crippen LogP contribution in [0, 0.1) is 0 Å². The number of methoxy groups -OCH3 is 1. The second-order valence-electron chi connectivity index (χ2n) is 6.16. The molecule has 1 unspecified atom stereocenters. The lowest BCUT2D eigenvalue weighted by atomic mass is 10.0. The molecular formula is C20H21NO4. The first-order valence-electron chi connectivity index (χ1n) is 8.35. The lowest BCUT2D eigenvalue weighted by molar-refractivity contribution is -0.138. The van der Waals surface area contributed by atoms with Crippen molar-refractivity contribution >= 4 is 17.6 Å². The fraction of sp³-hybridized carbons (Fsp3) is 0.300. The zero-order valence-electron chi connectivity index (χ0n) is 14.1. The third-order valence-electron chi connectivity index (χ3n) is 4.58. The van der Waals surface area contributed by atoms with Crippen LogP contribution in [-0.4, -0.2) is 30.6 Å². The van der Waals surface area contributed by atoms with Gasteiger partial charge in [-0.1, -0.05) is 30.3 Å². The fourth-order valence-electron chi connectivity index (χ4n) is 3.23. The van der Waals surface area contributed by atoms with E-state index in [1.54, 1.807) is 18.1 Å². The molecule has 130 valence electrons. The van der Waals surface area contributed by atoms with Gasteiger partial charge in [0.05, 0.1) is 7.11 Å². The Hall–Kier alpha value is -2.82. The summed E-state index contributed by atoms with van der Waals surface area (Å²) >= 11 is 0. The van der Waals surface area contributed by atoms with Crippen LogP contribution in [0.15, 0.2) is 48.5 Å². The van der Waals surface area contributed by atoms with E-state index in [0.29, 0.717) is 6.42 Å². The monoisotopic (exact) mass is 339 g/mol. The third kappa shape index (κ3) is 3.65. The summed E-state index contributed by atoms with van der Waals surface area (Å²) in [5.74, 6) is -0.736. The largest absolute Gasteiger partial charge is 0.497 e. The zero-order chi connectivity index (χ0) is 17.8. The highest BCUT2D eigenvalue weighted by Gasteiger charge is 2.35. The van der Waals surface area contributed by atoms with Gasteiger partial charge in [0.15, 0.2) is 0 Å². The van der Waals surface area contributed by atoms with Crippen LogP contribution < -0.4 is 9.64 Å². The standard InChI is InChI=1S/C20H21NO4/c1-25-15-11-9-14(10-12-15)5-4-8-19(22)21-13-17(20(23)24)16-6-2-3-7-18(16)21/h2-3,6-7,9-12,17H,4-5,8,13H2,1H3,(H,23,24). The van der Waals surface area contributed by atoms with Crippen LogP contribution in [-0.2, 0) is 16.0 Å². The van der Waals surface area contributed by atoms with Gasteiger partial charge < -0.3 is 14.7 Å². The first-order chi connectivity index (χ1) is 12.1. The van der Waals surface area contributed by atoms with E-state index in [1.807, 2.05) is 42.5 Å². The molecule has 0 spiro atoms. The zero-order valence-corrected chi connectivity index (χ0v) is 14.1. The molecule has 2 aromatic rings. The van der Waals surface area contributed by atoms with Crippen LogP contribution in [0.5, 0.6) is 5.75 Å². The van der Waals surface area contributed by atoms with Crippen molar-refractivity contribution in [1.82, 2.24) is 0 Å². The van der Waals surface area contributed by atoms with Crippen LogP contribution in [0.2, 0.25) is 0 Å². The molecule has 0 aliphatic carbocycles. The maximum atomic E-state index is 12.6. The second-order valence-corrected chi connectivity index (χ2v) is 6.16. The van der Waals surface area contributed by atoms with Gasteiger partial charge in [-0.2, -0.15) is 0 Å². The second kappa shape index (κ2) is 7.38. The molecule has 0 fully saturated rings. The number of benzene rings is 2. The summed E-state index contributed by atoms with van der Waals surface area (Å²) < 4.78 is 5.13. The summed E-state index contributed by atoms with van der Waals surface area (Å²) in [7, 11) is 1.63. The lowest BCUT2D eigenvalue weighted by Gasteiger charge is -2.17. The highest BCUT2D eigenvalue weighted by Crippen LogP contribution is 2.36. The Morgan fingerprint density at radius 1 is 1.16 bits per heavy atom. The molecule has 1 heterocycles. The summed E-state index contributed by atoms with van der Waals surface area (Å²) in [5.41, 5.74) is 2.60. The van der Waals surface area contributed by atoms with Crippen LogP contribution in [0.25, 0.3) is 0 Å². The Balaban J connectivity index is 1.61. The first-order valence-corrected chi connectivity index (χ1v) is 8.35. The van der Waals surface area contributed by atoms with Gasteiger partial charge in [-0.25, -0.2) is 0 Å². The molecule has 1 atom stereocenters. The van der Waals surface area contributed by atoms with Crippen molar-refractivity contribution in [2.75, 3.05) is 18.6 Å². The van der Waals surface area contributed by atoms with E-state index < -0.39 is 11.9 Å². The minimum atomic E-state index is -0.888. The smallest absolute Gasteiger partial charge is 0.312 e. The highest BCUT2D eigenvalue weighted by atomic mass is 16.5. The molecule has 2 aromatic carbocycles. The fourth-order valence-corrected chi connectivity index (χ4v) is 3.23. The van der Waals surface area contributed by atoms with Crippen LogP contribution in [0.1, 0.15) is 29.9 Å². The Morgan fingerprint density at radius 3 is 2.56 bits per heavy atom. The quantitative estimate of drug-likeness (QED) is 0.877. The third-order valence-corrected chi connectivity index (χ3v) is 4.58. The number of ether oxygens (including phenoxy) is 1. The number of carbonyl (C=O) groups is 2. The van der Waals surface area contributed by atoms with Crippen molar-refractivity contribution in [1.29, 1.82) is 0 Å². The number of rotatable bonds is 6. The van der Waals surface area contributed by atoms with Crippen molar-refractivity contribution in [2.24, 2.45) is 0 Å². The molecule has 5 nitrogen and oxygen atoms in total. The normalized spacial score (nSPS) is 15.7. The Kier molecular flexibility index (Phi) is 5.03. The summed E-state index contributed by atoms with van der Waals surface area (Å²) in [6.07, 6.45) is 1.92. The Bertz CT molecular complexity index is 770. The number of nitrogens with zero attached hydrogens (tertiary/aromatic N) is 1. The highest BCUT2D eigenvalue weighted by molar-refractivity contribution is 5.98. The molecule has 25 heavy (non-hydrogen) atoms. The van der Waals surface area contributed by atoms with Crippen molar-refractivity contribution in [3.05, 3.63) is 59.7 Å². The maximum absolute atomic E-state index is 12.6. The number of carboxylic acid groups (broad SMARTS) is 1. The number of aryl methyl sites for hydroxylation is 1.